The average molecular weight is 345 g/mol. The highest BCUT2D eigenvalue weighted by Gasteiger charge is 2.11. The van der Waals surface area contributed by atoms with Crippen molar-refractivity contribution in [1.82, 2.24) is 15.3 Å². The molecule has 3 aromatic rings. The van der Waals surface area contributed by atoms with Crippen molar-refractivity contribution in [3.63, 3.8) is 0 Å². The molecule has 0 bridgehead atoms. The maximum Gasteiger partial charge on any atom is 0.323 e. The van der Waals surface area contributed by atoms with E-state index in [-0.39, 0.29) is 24.2 Å². The molecule has 25 heavy (non-hydrogen) atoms. The normalized spacial score (nSPS) is 13.7. The molecule has 1 heterocycles. The molecule has 2 aromatic carbocycles. The van der Waals surface area contributed by atoms with Gasteiger partial charge in [-0.05, 0) is 48.9 Å². The van der Waals surface area contributed by atoms with Crippen LogP contribution < -0.4 is 15.7 Å². The first-order valence-corrected chi connectivity index (χ1v) is 8.03. The van der Waals surface area contributed by atoms with E-state index in [1.165, 1.54) is 24.3 Å². The van der Waals surface area contributed by atoms with Crippen LogP contribution in [0.1, 0.15) is 18.5 Å². The van der Waals surface area contributed by atoms with Crippen molar-refractivity contribution < 1.29 is 14.2 Å². The maximum atomic E-state index is 12.8. The zero-order chi connectivity index (χ0) is 17.8. The molecule has 2 unspecified atom stereocenters. The molecule has 6 nitrogen and oxygen atoms in total. The molecule has 0 spiro atoms. The van der Waals surface area contributed by atoms with Crippen molar-refractivity contribution in [1.29, 1.82) is 0 Å². The summed E-state index contributed by atoms with van der Waals surface area (Å²) < 4.78 is 18.2. The molecule has 0 radical (unpaired) electrons. The Balaban J connectivity index is 1.50. The topological polar surface area (TPSA) is 90.1 Å². The SMILES string of the molecule is CC(NCC(O)COc1ccc(F)cc1)c1ccc2[nH]c(=O)[nH]c2c1. The minimum Gasteiger partial charge on any atom is -0.491 e. The molecule has 7 heteroatoms. The molecule has 0 aliphatic carbocycles. The fourth-order valence-electron chi connectivity index (χ4n) is 2.53. The number of fused-ring (bicyclic) bond motifs is 1. The van der Waals surface area contributed by atoms with E-state index in [0.717, 1.165) is 16.6 Å². The smallest absolute Gasteiger partial charge is 0.323 e. The summed E-state index contributed by atoms with van der Waals surface area (Å²) in [5.74, 6) is 0.180. The second-order valence-electron chi connectivity index (χ2n) is 5.93. The Bertz CT molecular complexity index is 888. The molecule has 132 valence electrons. The Morgan fingerprint density at radius 1 is 1.16 bits per heavy atom. The number of hydrogen-bond acceptors (Lipinski definition) is 4. The minimum atomic E-state index is -0.705. The molecule has 0 fully saturated rings. The van der Waals surface area contributed by atoms with Crippen LogP contribution in [0.15, 0.2) is 47.3 Å². The number of aliphatic hydroxyl groups is 1. The van der Waals surface area contributed by atoms with Gasteiger partial charge in [0.2, 0.25) is 0 Å². The highest BCUT2D eigenvalue weighted by molar-refractivity contribution is 5.75. The molecule has 4 N–H and O–H groups in total. The quantitative estimate of drug-likeness (QED) is 0.528. The van der Waals surface area contributed by atoms with E-state index in [2.05, 4.69) is 15.3 Å². The third-order valence-corrected chi connectivity index (χ3v) is 3.96. The van der Waals surface area contributed by atoms with E-state index in [4.69, 9.17) is 4.74 Å². The van der Waals surface area contributed by atoms with Crippen LogP contribution in [-0.4, -0.2) is 34.3 Å². The van der Waals surface area contributed by atoms with Crippen LogP contribution in [0.4, 0.5) is 4.39 Å². The fourth-order valence-corrected chi connectivity index (χ4v) is 2.53. The molecule has 0 saturated heterocycles. The number of H-pyrrole nitrogens is 2. The van der Waals surface area contributed by atoms with Gasteiger partial charge in [-0.15, -0.1) is 0 Å². The van der Waals surface area contributed by atoms with Gasteiger partial charge in [-0.3, -0.25) is 0 Å². The second kappa shape index (κ2) is 7.50. The summed E-state index contributed by atoms with van der Waals surface area (Å²) in [6.45, 7) is 2.42. The third kappa shape index (κ3) is 4.46. The minimum absolute atomic E-state index is 0.0109. The lowest BCUT2D eigenvalue weighted by Gasteiger charge is -2.18. The van der Waals surface area contributed by atoms with E-state index in [9.17, 15) is 14.3 Å². The van der Waals surface area contributed by atoms with Crippen molar-refractivity contribution in [3.05, 3.63) is 64.3 Å². The van der Waals surface area contributed by atoms with E-state index in [1.807, 2.05) is 25.1 Å². The van der Waals surface area contributed by atoms with Gasteiger partial charge in [0.15, 0.2) is 0 Å². The molecular weight excluding hydrogens is 325 g/mol. The van der Waals surface area contributed by atoms with Crippen LogP contribution in [0, 0.1) is 5.82 Å². The Labute approximate surface area is 143 Å². The predicted octanol–water partition coefficient (Wildman–Crippen LogP) is 2.09. The molecule has 3 rings (SSSR count). The molecule has 0 aliphatic heterocycles. The zero-order valence-electron chi connectivity index (χ0n) is 13.8. The number of nitrogens with one attached hydrogen (secondary N) is 3. The second-order valence-corrected chi connectivity index (χ2v) is 5.93. The number of rotatable bonds is 7. The first-order valence-electron chi connectivity index (χ1n) is 8.03. The molecule has 0 saturated carbocycles. The summed E-state index contributed by atoms with van der Waals surface area (Å²) in [6, 6.07) is 11.3. The standard InChI is InChI=1S/C18H20FN3O3/c1-11(12-2-7-16-17(8-12)22-18(24)21-16)20-9-14(23)10-25-15-5-3-13(19)4-6-15/h2-8,11,14,20,23H,9-10H2,1H3,(H2,21,22,24). The van der Waals surface area contributed by atoms with Gasteiger partial charge in [-0.1, -0.05) is 6.07 Å². The molecule has 0 aliphatic rings. The number of benzene rings is 2. The van der Waals surface area contributed by atoms with Crippen molar-refractivity contribution in [2.75, 3.05) is 13.2 Å². The van der Waals surface area contributed by atoms with Crippen molar-refractivity contribution in [2.24, 2.45) is 0 Å². The number of aliphatic hydroxyl groups excluding tert-OH is 1. The van der Waals surface area contributed by atoms with E-state index >= 15 is 0 Å². The number of ether oxygens (including phenoxy) is 1. The van der Waals surface area contributed by atoms with Crippen molar-refractivity contribution in [3.8, 4) is 5.75 Å². The Morgan fingerprint density at radius 3 is 2.64 bits per heavy atom. The van der Waals surface area contributed by atoms with Gasteiger partial charge in [0.05, 0.1) is 11.0 Å². The number of aromatic nitrogens is 2. The number of imidazole rings is 1. The van der Waals surface area contributed by atoms with Crippen molar-refractivity contribution in [2.45, 2.75) is 19.1 Å². The van der Waals surface area contributed by atoms with Crippen molar-refractivity contribution >= 4 is 11.0 Å². The van der Waals surface area contributed by atoms with Gasteiger partial charge in [0, 0.05) is 12.6 Å². The van der Waals surface area contributed by atoms with Crippen LogP contribution in [0.2, 0.25) is 0 Å². The fraction of sp³-hybridized carbons (Fsp3) is 0.278. The van der Waals surface area contributed by atoms with Gasteiger partial charge < -0.3 is 25.1 Å². The van der Waals surface area contributed by atoms with Crippen LogP contribution >= 0.6 is 0 Å². The average Bonchev–Trinajstić information content (AvgIpc) is 2.98. The predicted molar refractivity (Wildman–Crippen MR) is 93.2 cm³/mol. The zero-order valence-corrected chi connectivity index (χ0v) is 13.8. The molecule has 1 aromatic heterocycles. The van der Waals surface area contributed by atoms with E-state index in [1.54, 1.807) is 0 Å². The molecule has 0 amide bonds. The van der Waals surface area contributed by atoms with Gasteiger partial charge in [-0.25, -0.2) is 9.18 Å². The summed E-state index contributed by atoms with van der Waals surface area (Å²) in [4.78, 5) is 16.7. The highest BCUT2D eigenvalue weighted by atomic mass is 19.1. The van der Waals surface area contributed by atoms with Crippen LogP contribution in [0.5, 0.6) is 5.75 Å². The number of halogens is 1. The summed E-state index contributed by atoms with van der Waals surface area (Å²) in [5.41, 5.74) is 2.26. The van der Waals surface area contributed by atoms with Gasteiger partial charge in [-0.2, -0.15) is 0 Å². The van der Waals surface area contributed by atoms with E-state index < -0.39 is 6.10 Å². The highest BCUT2D eigenvalue weighted by Crippen LogP contribution is 2.17. The monoisotopic (exact) mass is 345 g/mol. The Hall–Kier alpha value is -2.64. The lowest BCUT2D eigenvalue weighted by atomic mass is 10.1. The molecular formula is C18H20FN3O3. The largest absolute Gasteiger partial charge is 0.491 e. The van der Waals surface area contributed by atoms with E-state index in [0.29, 0.717) is 12.3 Å². The Morgan fingerprint density at radius 2 is 1.88 bits per heavy atom. The van der Waals surface area contributed by atoms with Crippen LogP contribution in [0.25, 0.3) is 11.0 Å². The summed E-state index contributed by atoms with van der Waals surface area (Å²) >= 11 is 0. The lowest BCUT2D eigenvalue weighted by molar-refractivity contribution is 0.104. The van der Waals surface area contributed by atoms with Gasteiger partial charge in [0.25, 0.3) is 0 Å². The van der Waals surface area contributed by atoms with Gasteiger partial charge >= 0.3 is 5.69 Å². The number of aromatic amines is 2. The summed E-state index contributed by atoms with van der Waals surface area (Å²) in [5, 5.41) is 13.2. The molecule has 2 atom stereocenters. The number of hydrogen-bond donors (Lipinski definition) is 4. The van der Waals surface area contributed by atoms with Crippen LogP contribution in [0.3, 0.4) is 0 Å². The Kier molecular flexibility index (Phi) is 5.16. The lowest BCUT2D eigenvalue weighted by Crippen LogP contribution is -2.33. The first-order chi connectivity index (χ1) is 12.0. The summed E-state index contributed by atoms with van der Waals surface area (Å²) in [6.07, 6.45) is -0.705. The summed E-state index contributed by atoms with van der Waals surface area (Å²) in [7, 11) is 0. The first kappa shape index (κ1) is 17.2. The van der Waals surface area contributed by atoms with Crippen LogP contribution in [-0.2, 0) is 0 Å². The van der Waals surface area contributed by atoms with Gasteiger partial charge in [0.1, 0.15) is 24.3 Å². The third-order valence-electron chi connectivity index (χ3n) is 3.96. The maximum absolute atomic E-state index is 12.8.